The number of aromatic nitrogens is 2. The maximum absolute atomic E-state index is 12.1. The number of carbonyl (C=O) groups excluding carboxylic acids is 2. The van der Waals surface area contributed by atoms with Gasteiger partial charge in [-0.2, -0.15) is 0 Å². The SMILES string of the molecule is O=C(CO[N+](=O)[O-])NNC(=O)c1ccc(-n2[nH]c(=O)cc2-c2ccccc2)cc1. The van der Waals surface area contributed by atoms with Gasteiger partial charge in [0.25, 0.3) is 22.5 Å². The number of rotatable bonds is 6. The van der Waals surface area contributed by atoms with Gasteiger partial charge in [-0.1, -0.05) is 30.3 Å². The van der Waals surface area contributed by atoms with Gasteiger partial charge in [-0.15, -0.1) is 10.1 Å². The molecule has 2 aromatic carbocycles. The number of aromatic amines is 1. The Morgan fingerprint density at radius 1 is 1.07 bits per heavy atom. The quantitative estimate of drug-likeness (QED) is 0.414. The van der Waals surface area contributed by atoms with Crippen molar-refractivity contribution in [2.45, 2.75) is 0 Å². The minimum atomic E-state index is -1.12. The minimum Gasteiger partial charge on any atom is -0.304 e. The number of hydrogen-bond donors (Lipinski definition) is 3. The molecule has 0 radical (unpaired) electrons. The molecule has 0 aliphatic heterocycles. The maximum Gasteiger partial charge on any atom is 0.295 e. The lowest BCUT2D eigenvalue weighted by Crippen LogP contribution is -2.43. The smallest absolute Gasteiger partial charge is 0.295 e. The normalized spacial score (nSPS) is 10.2. The Morgan fingerprint density at radius 3 is 2.41 bits per heavy atom. The topological polar surface area (TPSA) is 148 Å². The molecule has 3 aromatic rings. The fraction of sp³-hybridized carbons (Fsp3) is 0.0556. The number of benzene rings is 2. The highest BCUT2D eigenvalue weighted by Crippen LogP contribution is 2.20. The summed E-state index contributed by atoms with van der Waals surface area (Å²) in [5.74, 6) is -1.51. The molecule has 0 unspecified atom stereocenters. The molecule has 1 aromatic heterocycles. The van der Waals surface area contributed by atoms with E-state index in [1.165, 1.54) is 18.2 Å². The van der Waals surface area contributed by atoms with Crippen LogP contribution in [0.4, 0.5) is 0 Å². The first kappa shape index (κ1) is 19.4. The van der Waals surface area contributed by atoms with Gasteiger partial charge in [0.1, 0.15) is 0 Å². The molecule has 0 fully saturated rings. The first-order chi connectivity index (χ1) is 13.9. The van der Waals surface area contributed by atoms with E-state index < -0.39 is 23.5 Å². The zero-order valence-corrected chi connectivity index (χ0v) is 14.8. The second kappa shape index (κ2) is 8.52. The number of hydrazine groups is 1. The van der Waals surface area contributed by atoms with Crippen LogP contribution in [0.1, 0.15) is 10.4 Å². The number of carbonyl (C=O) groups is 2. The van der Waals surface area contributed by atoms with Gasteiger partial charge in [0.2, 0.25) is 0 Å². The Balaban J connectivity index is 1.71. The lowest BCUT2D eigenvalue weighted by Gasteiger charge is -2.10. The van der Waals surface area contributed by atoms with Crippen LogP contribution >= 0.6 is 0 Å². The summed E-state index contributed by atoms with van der Waals surface area (Å²) in [5, 5.41) is 11.6. The van der Waals surface area contributed by atoms with E-state index in [2.05, 4.69) is 15.4 Å². The third-order valence-corrected chi connectivity index (χ3v) is 3.80. The largest absolute Gasteiger partial charge is 0.304 e. The van der Waals surface area contributed by atoms with E-state index in [0.717, 1.165) is 5.56 Å². The van der Waals surface area contributed by atoms with Crippen LogP contribution in [0.2, 0.25) is 0 Å². The molecule has 3 N–H and O–H groups in total. The van der Waals surface area contributed by atoms with E-state index in [4.69, 9.17) is 0 Å². The van der Waals surface area contributed by atoms with Crippen molar-refractivity contribution in [3.05, 3.63) is 86.7 Å². The third kappa shape index (κ3) is 4.86. The summed E-state index contributed by atoms with van der Waals surface area (Å²) in [6.45, 7) is -0.838. The zero-order chi connectivity index (χ0) is 20.8. The predicted molar refractivity (Wildman–Crippen MR) is 100 cm³/mol. The van der Waals surface area contributed by atoms with Gasteiger partial charge >= 0.3 is 0 Å². The van der Waals surface area contributed by atoms with Crippen molar-refractivity contribution >= 4 is 11.8 Å². The molecule has 1 heterocycles. The fourth-order valence-corrected chi connectivity index (χ4v) is 2.52. The second-order valence-corrected chi connectivity index (χ2v) is 5.75. The molecule has 0 spiro atoms. The molecule has 0 bridgehead atoms. The van der Waals surface area contributed by atoms with Crippen molar-refractivity contribution in [3.63, 3.8) is 0 Å². The van der Waals surface area contributed by atoms with Crippen LogP contribution in [0, 0.1) is 10.1 Å². The zero-order valence-electron chi connectivity index (χ0n) is 14.8. The van der Waals surface area contributed by atoms with Gasteiger partial charge < -0.3 is 4.84 Å². The molecule has 11 nitrogen and oxygen atoms in total. The van der Waals surface area contributed by atoms with Crippen molar-refractivity contribution in [1.29, 1.82) is 0 Å². The summed E-state index contributed by atoms with van der Waals surface area (Å²) < 4.78 is 1.59. The Kier molecular flexibility index (Phi) is 5.69. The lowest BCUT2D eigenvalue weighted by molar-refractivity contribution is -0.754. The highest BCUT2D eigenvalue weighted by atomic mass is 16.9. The molecular formula is C18H15N5O6. The Bertz CT molecular complexity index is 1090. The van der Waals surface area contributed by atoms with Crippen LogP contribution < -0.4 is 16.4 Å². The fourth-order valence-electron chi connectivity index (χ4n) is 2.52. The standard InChI is InChI=1S/C18H15N5O6/c24-16-10-15(12-4-2-1-3-5-12)22(21-16)14-8-6-13(7-9-14)18(26)20-19-17(25)11-29-23(27)28/h1-10H,11H2,(H,19,25)(H,20,26)(H,21,24). The third-order valence-electron chi connectivity index (χ3n) is 3.80. The lowest BCUT2D eigenvalue weighted by atomic mass is 10.1. The Labute approximate surface area is 163 Å². The van der Waals surface area contributed by atoms with Crippen molar-refractivity contribution in [2.75, 3.05) is 6.61 Å². The first-order valence-corrected chi connectivity index (χ1v) is 8.28. The highest BCUT2D eigenvalue weighted by molar-refractivity contribution is 5.95. The van der Waals surface area contributed by atoms with E-state index in [-0.39, 0.29) is 11.1 Å². The van der Waals surface area contributed by atoms with Crippen molar-refractivity contribution in [1.82, 2.24) is 20.6 Å². The van der Waals surface area contributed by atoms with Crippen LogP contribution in [-0.4, -0.2) is 33.3 Å². The summed E-state index contributed by atoms with van der Waals surface area (Å²) in [4.78, 5) is 49.1. The second-order valence-electron chi connectivity index (χ2n) is 5.75. The van der Waals surface area contributed by atoms with E-state index >= 15 is 0 Å². The number of H-pyrrole nitrogens is 1. The summed E-state index contributed by atoms with van der Waals surface area (Å²) in [6.07, 6.45) is 0. The van der Waals surface area contributed by atoms with Crippen molar-refractivity contribution < 1.29 is 19.5 Å². The molecule has 0 saturated heterocycles. The number of hydrogen-bond acceptors (Lipinski definition) is 6. The van der Waals surface area contributed by atoms with Gasteiger partial charge in [0.05, 0.1) is 11.4 Å². The molecule has 0 atom stereocenters. The molecule has 0 aliphatic rings. The summed E-state index contributed by atoms with van der Waals surface area (Å²) in [6, 6.07) is 17.0. The molecule has 2 amide bonds. The molecular weight excluding hydrogens is 382 g/mol. The van der Waals surface area contributed by atoms with Crippen molar-refractivity contribution in [2.24, 2.45) is 0 Å². The molecule has 29 heavy (non-hydrogen) atoms. The average molecular weight is 397 g/mol. The van der Waals surface area contributed by atoms with Crippen LogP contribution in [0.25, 0.3) is 16.9 Å². The van der Waals surface area contributed by atoms with Crippen molar-refractivity contribution in [3.8, 4) is 16.9 Å². The van der Waals surface area contributed by atoms with Gasteiger partial charge in [-0.25, -0.2) is 0 Å². The van der Waals surface area contributed by atoms with Crippen LogP contribution in [-0.2, 0) is 9.63 Å². The average Bonchev–Trinajstić information content (AvgIpc) is 3.13. The maximum atomic E-state index is 12.1. The Morgan fingerprint density at radius 2 is 1.76 bits per heavy atom. The number of nitrogens with zero attached hydrogens (tertiary/aromatic N) is 2. The number of amides is 2. The van der Waals surface area contributed by atoms with Gasteiger partial charge in [0, 0.05) is 17.2 Å². The van der Waals surface area contributed by atoms with Crippen LogP contribution in [0.5, 0.6) is 0 Å². The number of nitrogens with one attached hydrogen (secondary N) is 3. The summed E-state index contributed by atoms with van der Waals surface area (Å²) in [7, 11) is 0. The minimum absolute atomic E-state index is 0.222. The molecule has 0 saturated carbocycles. The highest BCUT2D eigenvalue weighted by Gasteiger charge is 2.11. The monoisotopic (exact) mass is 397 g/mol. The molecule has 3 rings (SSSR count). The van der Waals surface area contributed by atoms with Gasteiger partial charge in [-0.3, -0.25) is 35.0 Å². The Hall–Kier alpha value is -4.41. The van der Waals surface area contributed by atoms with Crippen LogP contribution in [0.15, 0.2) is 65.5 Å². The van der Waals surface area contributed by atoms with Crippen LogP contribution in [0.3, 0.4) is 0 Å². The molecule has 148 valence electrons. The summed E-state index contributed by atoms with van der Waals surface area (Å²) >= 11 is 0. The predicted octanol–water partition coefficient (Wildman–Crippen LogP) is 0.802. The molecule has 11 heteroatoms. The van der Waals surface area contributed by atoms with Gasteiger partial charge in [0.15, 0.2) is 6.61 Å². The molecule has 0 aliphatic carbocycles. The van der Waals surface area contributed by atoms with E-state index in [1.54, 1.807) is 16.8 Å². The van der Waals surface area contributed by atoms with E-state index in [1.807, 2.05) is 35.8 Å². The first-order valence-electron chi connectivity index (χ1n) is 8.28. The summed E-state index contributed by atoms with van der Waals surface area (Å²) in [5.41, 5.74) is 6.18. The van der Waals surface area contributed by atoms with Gasteiger partial charge in [-0.05, 0) is 24.3 Å². The van der Waals surface area contributed by atoms with E-state index in [9.17, 15) is 24.5 Å². The van der Waals surface area contributed by atoms with E-state index in [0.29, 0.717) is 11.4 Å².